The normalized spacial score (nSPS) is 12.1. The number of nitrogens with zero attached hydrogens (tertiary/aromatic N) is 1. The lowest BCUT2D eigenvalue weighted by atomic mass is 10.0. The first-order chi connectivity index (χ1) is 16.3. The van der Waals surface area contributed by atoms with Crippen molar-refractivity contribution in [3.05, 3.63) is 54.1 Å². The fraction of sp³-hybridized carbons (Fsp3) is 0.346. The van der Waals surface area contributed by atoms with Crippen LogP contribution in [0.5, 0.6) is 5.75 Å². The van der Waals surface area contributed by atoms with E-state index >= 15 is 0 Å². The number of nitriles is 1. The molecule has 0 bridgehead atoms. The molecule has 0 aromatic heterocycles. The molecule has 178 valence electrons. The maximum absolute atomic E-state index is 12.8. The van der Waals surface area contributed by atoms with Crippen molar-refractivity contribution in [2.24, 2.45) is 0 Å². The highest BCUT2D eigenvalue weighted by Crippen LogP contribution is 2.23. The first kappa shape index (κ1) is 26.3. The Balaban J connectivity index is 2.12. The molecular weight excluding hydrogens is 436 g/mol. The largest absolute Gasteiger partial charge is 0.460 e. The molecule has 0 fully saturated rings. The van der Waals surface area contributed by atoms with Gasteiger partial charge in [0.05, 0.1) is 6.07 Å². The van der Waals surface area contributed by atoms with Crippen LogP contribution in [0, 0.1) is 11.3 Å². The first-order valence-electron chi connectivity index (χ1n) is 11.1. The smallest absolute Gasteiger partial charge is 0.310 e. The summed E-state index contributed by atoms with van der Waals surface area (Å²) in [4.78, 5) is 48.4. The molecule has 2 rings (SSSR count). The van der Waals surface area contributed by atoms with E-state index in [2.05, 4.69) is 5.32 Å². The van der Waals surface area contributed by atoms with Crippen molar-refractivity contribution >= 4 is 23.6 Å². The lowest BCUT2D eigenvalue weighted by molar-refractivity contribution is -0.150. The fourth-order valence-electron chi connectivity index (χ4n) is 3.11. The van der Waals surface area contributed by atoms with Crippen LogP contribution in [0.4, 0.5) is 0 Å². The van der Waals surface area contributed by atoms with Crippen molar-refractivity contribution in [3.8, 4) is 22.9 Å². The molecule has 0 aliphatic heterocycles. The molecule has 0 aliphatic rings. The minimum Gasteiger partial charge on any atom is -0.460 e. The summed E-state index contributed by atoms with van der Waals surface area (Å²) in [6.07, 6.45) is -0.498. The number of benzene rings is 2. The van der Waals surface area contributed by atoms with Gasteiger partial charge in [0.25, 0.3) is 5.91 Å². The summed E-state index contributed by atoms with van der Waals surface area (Å²) < 4.78 is 10.4. The third-order valence-corrected chi connectivity index (χ3v) is 5.05. The Morgan fingerprint density at radius 1 is 0.912 bits per heavy atom. The summed E-state index contributed by atoms with van der Waals surface area (Å²) in [5, 5.41) is 11.4. The Morgan fingerprint density at radius 3 is 2.00 bits per heavy atom. The minimum absolute atomic E-state index is 0.00474. The average molecular weight is 465 g/mol. The minimum atomic E-state index is -1.06. The van der Waals surface area contributed by atoms with Crippen LogP contribution in [0.2, 0.25) is 0 Å². The molecule has 0 saturated heterocycles. The van der Waals surface area contributed by atoms with Gasteiger partial charge in [-0.2, -0.15) is 5.26 Å². The molecule has 2 atom stereocenters. The Hall–Kier alpha value is -3.99. The second-order valence-electron chi connectivity index (χ2n) is 7.55. The highest BCUT2D eigenvalue weighted by Gasteiger charge is 2.29. The zero-order valence-electron chi connectivity index (χ0n) is 19.5. The van der Waals surface area contributed by atoms with Gasteiger partial charge in [0, 0.05) is 31.2 Å². The Bertz CT molecular complexity index is 1050. The highest BCUT2D eigenvalue weighted by molar-refractivity contribution is 5.98. The molecule has 34 heavy (non-hydrogen) atoms. The van der Waals surface area contributed by atoms with Gasteiger partial charge in [0.1, 0.15) is 17.9 Å². The number of amides is 1. The van der Waals surface area contributed by atoms with Crippen LogP contribution in [-0.2, 0) is 19.1 Å². The van der Waals surface area contributed by atoms with E-state index in [-0.39, 0.29) is 37.4 Å². The quantitative estimate of drug-likeness (QED) is 0.394. The molecule has 2 aromatic carbocycles. The number of hydrogen-bond acceptors (Lipinski definition) is 7. The molecule has 1 amide bonds. The maximum atomic E-state index is 12.8. The van der Waals surface area contributed by atoms with E-state index in [0.29, 0.717) is 11.3 Å². The van der Waals surface area contributed by atoms with Gasteiger partial charge in [-0.05, 0) is 42.3 Å². The highest BCUT2D eigenvalue weighted by atomic mass is 16.5. The van der Waals surface area contributed by atoms with E-state index in [4.69, 9.17) is 14.7 Å². The van der Waals surface area contributed by atoms with E-state index < -0.39 is 24.0 Å². The number of carbonyl (C=O) groups excluding carboxylic acids is 4. The van der Waals surface area contributed by atoms with E-state index in [0.717, 1.165) is 11.1 Å². The van der Waals surface area contributed by atoms with Crippen LogP contribution in [-0.4, -0.2) is 35.8 Å². The molecule has 2 aromatic rings. The summed E-state index contributed by atoms with van der Waals surface area (Å²) in [5.41, 5.74) is 2.04. The zero-order valence-corrected chi connectivity index (χ0v) is 19.5. The molecule has 0 aliphatic carbocycles. The van der Waals surface area contributed by atoms with Crippen molar-refractivity contribution in [3.63, 3.8) is 0 Å². The summed E-state index contributed by atoms with van der Waals surface area (Å²) >= 11 is 0. The second-order valence-corrected chi connectivity index (χ2v) is 7.55. The summed E-state index contributed by atoms with van der Waals surface area (Å²) in [6.45, 7) is 4.89. The standard InChI is InChI=1S/C26H28N2O6/c1-4-23(30)33-17(3)25(22(29)7-6-16-27)28-26(32)20-10-8-18(9-11-20)19-12-14-21(15-13-19)34-24(31)5-2/h8-15,17,25H,4-7H2,1-3H3,(H,28,32)/t17-,25+/m1/s1. The first-order valence-corrected chi connectivity index (χ1v) is 11.1. The van der Waals surface area contributed by atoms with Gasteiger partial charge < -0.3 is 14.8 Å². The lowest BCUT2D eigenvalue weighted by Gasteiger charge is -2.24. The fourth-order valence-corrected chi connectivity index (χ4v) is 3.11. The summed E-state index contributed by atoms with van der Waals surface area (Å²) in [7, 11) is 0. The van der Waals surface area contributed by atoms with Gasteiger partial charge in [0.2, 0.25) is 0 Å². The molecule has 0 spiro atoms. The van der Waals surface area contributed by atoms with Crippen molar-refractivity contribution in [2.75, 3.05) is 0 Å². The SMILES string of the molecule is CCC(=O)Oc1ccc(-c2ccc(C(=O)N[C@H](C(=O)CCC#N)[C@@H](C)OC(=O)CC)cc2)cc1. The van der Waals surface area contributed by atoms with Crippen LogP contribution in [0.15, 0.2) is 48.5 Å². The van der Waals surface area contributed by atoms with Gasteiger partial charge in [0.15, 0.2) is 5.78 Å². The predicted molar refractivity (Wildman–Crippen MR) is 125 cm³/mol. The Kier molecular flexibility index (Phi) is 9.96. The number of rotatable bonds is 11. The van der Waals surface area contributed by atoms with Gasteiger partial charge in [-0.1, -0.05) is 38.1 Å². The molecule has 0 radical (unpaired) electrons. The predicted octanol–water partition coefficient (Wildman–Crippen LogP) is 3.98. The molecule has 0 unspecified atom stereocenters. The average Bonchev–Trinajstić information content (AvgIpc) is 2.85. The van der Waals surface area contributed by atoms with Crippen LogP contribution in [0.1, 0.15) is 56.8 Å². The molecule has 8 heteroatoms. The molecule has 8 nitrogen and oxygen atoms in total. The van der Waals surface area contributed by atoms with Gasteiger partial charge in [-0.3, -0.25) is 19.2 Å². The van der Waals surface area contributed by atoms with Crippen LogP contribution >= 0.6 is 0 Å². The van der Waals surface area contributed by atoms with E-state index in [1.807, 2.05) is 6.07 Å². The summed E-state index contributed by atoms with van der Waals surface area (Å²) in [5.74, 6) is -1.22. The van der Waals surface area contributed by atoms with Gasteiger partial charge in [-0.25, -0.2) is 0 Å². The maximum Gasteiger partial charge on any atom is 0.310 e. The summed E-state index contributed by atoms with van der Waals surface area (Å²) in [6, 6.07) is 14.6. The van der Waals surface area contributed by atoms with Crippen LogP contribution in [0.3, 0.4) is 0 Å². The number of hydrogen-bond donors (Lipinski definition) is 1. The third kappa shape index (κ3) is 7.55. The molecule has 0 saturated carbocycles. The zero-order chi connectivity index (χ0) is 25.1. The van der Waals surface area contributed by atoms with Crippen molar-refractivity contribution in [2.45, 2.75) is 58.6 Å². The number of ketones is 1. The van der Waals surface area contributed by atoms with Gasteiger partial charge >= 0.3 is 11.9 Å². The van der Waals surface area contributed by atoms with Gasteiger partial charge in [-0.15, -0.1) is 0 Å². The van der Waals surface area contributed by atoms with E-state index in [1.54, 1.807) is 62.4 Å². The third-order valence-electron chi connectivity index (χ3n) is 5.05. The second kappa shape index (κ2) is 12.9. The van der Waals surface area contributed by atoms with E-state index in [9.17, 15) is 19.2 Å². The van der Waals surface area contributed by atoms with Crippen molar-refractivity contribution in [1.82, 2.24) is 5.32 Å². The molecule has 1 N–H and O–H groups in total. The Morgan fingerprint density at radius 2 is 1.47 bits per heavy atom. The van der Waals surface area contributed by atoms with Crippen molar-refractivity contribution in [1.29, 1.82) is 5.26 Å². The number of carbonyl (C=O) groups is 4. The number of esters is 2. The number of nitrogens with one attached hydrogen (secondary N) is 1. The number of Topliss-reactive ketones (excluding diaryl/α,β-unsaturated/α-hetero) is 1. The topological polar surface area (TPSA) is 123 Å². The van der Waals surface area contributed by atoms with Crippen molar-refractivity contribution < 1.29 is 28.7 Å². The van der Waals surface area contributed by atoms with Crippen LogP contribution in [0.25, 0.3) is 11.1 Å². The lowest BCUT2D eigenvalue weighted by Crippen LogP contribution is -2.49. The monoisotopic (exact) mass is 464 g/mol. The molecular formula is C26H28N2O6. The Labute approximate surface area is 198 Å². The number of ether oxygens (including phenoxy) is 2. The van der Waals surface area contributed by atoms with E-state index in [1.165, 1.54) is 6.92 Å². The van der Waals surface area contributed by atoms with Crippen LogP contribution < -0.4 is 10.1 Å². The molecule has 0 heterocycles.